The highest BCUT2D eigenvalue weighted by molar-refractivity contribution is 5.81. The van der Waals surface area contributed by atoms with Crippen molar-refractivity contribution in [3.8, 4) is 0 Å². The SMILES string of the molecule is O=C(O)[C@@]1(O)C=CC=C(F)[C@@H]1O. The molecule has 0 radical (unpaired) electrons. The molecule has 0 saturated carbocycles. The average Bonchev–Trinajstić information content (AvgIpc) is 2.00. The largest absolute Gasteiger partial charge is 0.479 e. The molecule has 0 heterocycles. The van der Waals surface area contributed by atoms with Gasteiger partial charge in [0, 0.05) is 0 Å². The Morgan fingerprint density at radius 1 is 1.67 bits per heavy atom. The number of rotatable bonds is 1. The van der Waals surface area contributed by atoms with E-state index in [1.54, 1.807) is 0 Å². The zero-order chi connectivity index (χ0) is 9.35. The molecule has 5 heteroatoms. The minimum Gasteiger partial charge on any atom is -0.479 e. The van der Waals surface area contributed by atoms with Crippen LogP contribution >= 0.6 is 0 Å². The van der Waals surface area contributed by atoms with Crippen molar-refractivity contribution in [1.82, 2.24) is 0 Å². The van der Waals surface area contributed by atoms with Gasteiger partial charge < -0.3 is 15.3 Å². The maximum Gasteiger partial charge on any atom is 0.343 e. The van der Waals surface area contributed by atoms with E-state index in [2.05, 4.69) is 0 Å². The lowest BCUT2D eigenvalue weighted by atomic mass is 9.92. The van der Waals surface area contributed by atoms with Crippen LogP contribution in [0.3, 0.4) is 0 Å². The molecular formula is C7H7FO4. The Morgan fingerprint density at radius 3 is 2.67 bits per heavy atom. The van der Waals surface area contributed by atoms with E-state index < -0.39 is 23.5 Å². The Balaban J connectivity index is 3.03. The second-order valence-corrected chi connectivity index (χ2v) is 2.44. The molecule has 66 valence electrons. The molecule has 0 saturated heterocycles. The Morgan fingerprint density at radius 2 is 2.25 bits per heavy atom. The first-order chi connectivity index (χ1) is 5.48. The number of aliphatic carboxylic acids is 1. The van der Waals surface area contributed by atoms with E-state index in [1.807, 2.05) is 0 Å². The van der Waals surface area contributed by atoms with Crippen molar-refractivity contribution >= 4 is 5.97 Å². The first-order valence-corrected chi connectivity index (χ1v) is 3.17. The van der Waals surface area contributed by atoms with Gasteiger partial charge in [0.25, 0.3) is 0 Å². The molecule has 2 atom stereocenters. The van der Waals surface area contributed by atoms with Crippen LogP contribution in [0.5, 0.6) is 0 Å². The van der Waals surface area contributed by atoms with Crippen molar-refractivity contribution in [2.75, 3.05) is 0 Å². The molecule has 1 aliphatic rings. The molecule has 0 bridgehead atoms. The molecule has 0 aromatic carbocycles. The van der Waals surface area contributed by atoms with E-state index in [-0.39, 0.29) is 0 Å². The lowest BCUT2D eigenvalue weighted by Crippen LogP contribution is -2.49. The Kier molecular flexibility index (Phi) is 1.99. The average molecular weight is 174 g/mol. The standard InChI is InChI=1S/C7H7FO4/c8-4-2-1-3-7(12,5(4)9)6(10)11/h1-3,5,9,12H,(H,10,11)/t5-,7+/m0/s1. The highest BCUT2D eigenvalue weighted by Crippen LogP contribution is 2.24. The molecule has 1 aliphatic carbocycles. The lowest BCUT2D eigenvalue weighted by Gasteiger charge is -2.26. The molecule has 0 spiro atoms. The quantitative estimate of drug-likeness (QED) is 0.504. The van der Waals surface area contributed by atoms with Gasteiger partial charge in [0.15, 0.2) is 0 Å². The number of carboxylic acids is 1. The summed E-state index contributed by atoms with van der Waals surface area (Å²) in [4.78, 5) is 10.4. The van der Waals surface area contributed by atoms with Gasteiger partial charge in [-0.15, -0.1) is 0 Å². The van der Waals surface area contributed by atoms with E-state index in [0.717, 1.165) is 18.2 Å². The molecule has 0 fully saturated rings. The van der Waals surface area contributed by atoms with E-state index in [4.69, 9.17) is 10.2 Å². The molecule has 0 unspecified atom stereocenters. The highest BCUT2D eigenvalue weighted by atomic mass is 19.1. The third kappa shape index (κ3) is 1.13. The van der Waals surface area contributed by atoms with Gasteiger partial charge in [-0.05, 0) is 12.2 Å². The van der Waals surface area contributed by atoms with Crippen LogP contribution in [0.4, 0.5) is 4.39 Å². The van der Waals surface area contributed by atoms with Gasteiger partial charge in [-0.1, -0.05) is 6.08 Å². The van der Waals surface area contributed by atoms with Gasteiger partial charge in [0.05, 0.1) is 0 Å². The minimum absolute atomic E-state index is 0.822. The van der Waals surface area contributed by atoms with Crippen molar-refractivity contribution in [3.05, 3.63) is 24.1 Å². The van der Waals surface area contributed by atoms with Gasteiger partial charge in [0.1, 0.15) is 11.9 Å². The maximum atomic E-state index is 12.6. The molecule has 0 aromatic heterocycles. The summed E-state index contributed by atoms with van der Waals surface area (Å²) in [5.41, 5.74) is -2.54. The first-order valence-electron chi connectivity index (χ1n) is 3.17. The number of aliphatic hydroxyl groups excluding tert-OH is 1. The molecule has 3 N–H and O–H groups in total. The van der Waals surface area contributed by atoms with E-state index in [1.165, 1.54) is 0 Å². The van der Waals surface area contributed by atoms with Gasteiger partial charge in [0.2, 0.25) is 5.60 Å². The van der Waals surface area contributed by atoms with Crippen LogP contribution in [0.1, 0.15) is 0 Å². The molecule has 4 nitrogen and oxygen atoms in total. The summed E-state index contributed by atoms with van der Waals surface area (Å²) in [6.07, 6.45) is 0.724. The fourth-order valence-corrected chi connectivity index (χ4v) is 0.867. The fourth-order valence-electron chi connectivity index (χ4n) is 0.867. The predicted molar refractivity (Wildman–Crippen MR) is 36.9 cm³/mol. The summed E-state index contributed by atoms with van der Waals surface area (Å²) < 4.78 is 12.6. The highest BCUT2D eigenvalue weighted by Gasteiger charge is 2.44. The molecule has 0 aliphatic heterocycles. The van der Waals surface area contributed by atoms with Gasteiger partial charge >= 0.3 is 5.97 Å². The molecule has 0 amide bonds. The Hall–Kier alpha value is -1.20. The summed E-state index contributed by atoms with van der Waals surface area (Å²) in [5, 5.41) is 26.5. The van der Waals surface area contributed by atoms with Crippen LogP contribution in [-0.2, 0) is 4.79 Å². The summed E-state index contributed by atoms with van der Waals surface area (Å²) in [6.45, 7) is 0. The number of allylic oxidation sites excluding steroid dienone is 2. The van der Waals surface area contributed by atoms with Gasteiger partial charge in [-0.3, -0.25) is 0 Å². The number of aliphatic hydroxyl groups is 2. The molecule has 0 aromatic rings. The third-order valence-corrected chi connectivity index (χ3v) is 1.63. The minimum atomic E-state index is -2.54. The fraction of sp³-hybridized carbons (Fsp3) is 0.286. The van der Waals surface area contributed by atoms with Crippen LogP contribution in [0.2, 0.25) is 0 Å². The number of hydrogen-bond donors (Lipinski definition) is 3. The second-order valence-electron chi connectivity index (χ2n) is 2.44. The van der Waals surface area contributed by atoms with Crippen molar-refractivity contribution in [1.29, 1.82) is 0 Å². The predicted octanol–water partition coefficient (Wildman–Crippen LogP) is -0.414. The summed E-state index contributed by atoms with van der Waals surface area (Å²) in [7, 11) is 0. The van der Waals surface area contributed by atoms with Crippen LogP contribution in [0, 0.1) is 0 Å². The molecular weight excluding hydrogens is 167 g/mol. The van der Waals surface area contributed by atoms with Gasteiger partial charge in [-0.2, -0.15) is 0 Å². The number of halogens is 1. The lowest BCUT2D eigenvalue weighted by molar-refractivity contribution is -0.162. The number of carbonyl (C=O) groups is 1. The molecule has 1 rings (SSSR count). The summed E-state index contributed by atoms with van der Waals surface area (Å²) in [5.74, 6) is -2.75. The Labute approximate surface area is 67.3 Å². The second kappa shape index (κ2) is 2.69. The zero-order valence-electron chi connectivity index (χ0n) is 5.94. The summed E-state index contributed by atoms with van der Waals surface area (Å²) >= 11 is 0. The van der Waals surface area contributed by atoms with Crippen LogP contribution in [0.15, 0.2) is 24.1 Å². The Bertz CT molecular complexity index is 271. The third-order valence-electron chi connectivity index (χ3n) is 1.63. The zero-order valence-corrected chi connectivity index (χ0v) is 5.94. The first kappa shape index (κ1) is 8.89. The number of hydrogen-bond acceptors (Lipinski definition) is 3. The van der Waals surface area contributed by atoms with Gasteiger partial charge in [-0.25, -0.2) is 9.18 Å². The summed E-state index contributed by atoms with van der Waals surface area (Å²) in [6, 6.07) is 0. The van der Waals surface area contributed by atoms with Crippen molar-refractivity contribution < 1.29 is 24.5 Å². The van der Waals surface area contributed by atoms with Crippen LogP contribution in [-0.4, -0.2) is 33.0 Å². The van der Waals surface area contributed by atoms with Crippen molar-refractivity contribution in [3.63, 3.8) is 0 Å². The maximum absolute atomic E-state index is 12.6. The monoisotopic (exact) mass is 174 g/mol. The van der Waals surface area contributed by atoms with Crippen LogP contribution < -0.4 is 0 Å². The number of carboxylic acid groups (broad SMARTS) is 1. The van der Waals surface area contributed by atoms with Crippen LogP contribution in [0.25, 0.3) is 0 Å². The van der Waals surface area contributed by atoms with E-state index >= 15 is 0 Å². The normalized spacial score (nSPS) is 34.6. The van der Waals surface area contributed by atoms with Crippen molar-refractivity contribution in [2.24, 2.45) is 0 Å². The smallest absolute Gasteiger partial charge is 0.343 e. The topological polar surface area (TPSA) is 77.8 Å². The molecule has 12 heavy (non-hydrogen) atoms. The van der Waals surface area contributed by atoms with Crippen molar-refractivity contribution in [2.45, 2.75) is 11.7 Å². The van der Waals surface area contributed by atoms with E-state index in [9.17, 15) is 14.3 Å². The van der Waals surface area contributed by atoms with E-state index in [0.29, 0.717) is 0 Å².